The zero-order valence-electron chi connectivity index (χ0n) is 16.3. The summed E-state index contributed by atoms with van der Waals surface area (Å²) in [6.45, 7) is 3.44. The van der Waals surface area contributed by atoms with E-state index in [2.05, 4.69) is 10.3 Å². The number of nitrogens with zero attached hydrogens (tertiary/aromatic N) is 1. The Balaban J connectivity index is 1.84. The van der Waals surface area contributed by atoms with Gasteiger partial charge in [0.1, 0.15) is 33.5 Å². The summed E-state index contributed by atoms with van der Waals surface area (Å²) in [6.07, 6.45) is 1.05. The molecule has 1 unspecified atom stereocenters. The summed E-state index contributed by atoms with van der Waals surface area (Å²) in [6, 6.07) is 4.27. The molecule has 0 radical (unpaired) electrons. The average Bonchev–Trinajstić information content (AvgIpc) is 3.19. The fraction of sp³-hybridized carbons (Fsp3) is 0.368. The molecule has 156 valence electrons. The maximum absolute atomic E-state index is 12.8. The van der Waals surface area contributed by atoms with Crippen molar-refractivity contribution in [2.75, 3.05) is 18.6 Å². The number of aromatic nitrogens is 1. The van der Waals surface area contributed by atoms with E-state index in [0.717, 1.165) is 16.8 Å². The number of aryl methyl sites for hydroxylation is 2. The molecule has 0 aliphatic heterocycles. The molecule has 1 amide bonds. The number of aliphatic hydroxyl groups is 1. The Bertz CT molecular complexity index is 1130. The van der Waals surface area contributed by atoms with E-state index in [1.807, 2.05) is 6.92 Å². The first-order valence-corrected chi connectivity index (χ1v) is 11.8. The molecule has 0 spiro atoms. The maximum Gasteiger partial charge on any atom is 0.255 e. The number of furan rings is 1. The van der Waals surface area contributed by atoms with Crippen LogP contribution in [0.5, 0.6) is 5.75 Å². The predicted octanol–water partition coefficient (Wildman–Crippen LogP) is 2.22. The number of carbonyl (C=O) groups excluding carboxylic acids is 1. The normalized spacial score (nSPS) is 12.8. The number of hydrogen-bond donors (Lipinski definition) is 2. The number of rotatable bonds is 8. The van der Waals surface area contributed by atoms with Crippen LogP contribution in [0.25, 0.3) is 11.0 Å². The van der Waals surface area contributed by atoms with Gasteiger partial charge in [0, 0.05) is 11.6 Å². The number of sulfone groups is 1. The summed E-state index contributed by atoms with van der Waals surface area (Å²) in [7, 11) is -3.36. The molecule has 0 aliphatic rings. The number of thiazole rings is 1. The van der Waals surface area contributed by atoms with Crippen molar-refractivity contribution < 1.29 is 27.5 Å². The molecule has 2 N–H and O–H groups in total. The summed E-state index contributed by atoms with van der Waals surface area (Å²) >= 11 is 1.51. The van der Waals surface area contributed by atoms with Crippen molar-refractivity contribution in [3.63, 3.8) is 0 Å². The number of benzene rings is 1. The van der Waals surface area contributed by atoms with Crippen molar-refractivity contribution in [1.82, 2.24) is 10.3 Å². The lowest BCUT2D eigenvalue weighted by Crippen LogP contribution is -2.42. The fourth-order valence-corrected chi connectivity index (χ4v) is 4.56. The van der Waals surface area contributed by atoms with Gasteiger partial charge in [-0.2, -0.15) is 0 Å². The minimum absolute atomic E-state index is 0.284. The van der Waals surface area contributed by atoms with Crippen molar-refractivity contribution >= 4 is 38.1 Å². The topological polar surface area (TPSA) is 119 Å². The van der Waals surface area contributed by atoms with Gasteiger partial charge < -0.3 is 19.6 Å². The average molecular weight is 439 g/mol. The monoisotopic (exact) mass is 438 g/mol. The largest absolute Gasteiger partial charge is 0.488 e. The smallest absolute Gasteiger partial charge is 0.255 e. The van der Waals surface area contributed by atoms with E-state index in [4.69, 9.17) is 9.15 Å². The second-order valence-corrected chi connectivity index (χ2v) is 9.91. The number of nitrogens with one attached hydrogen (secondary N) is 1. The zero-order chi connectivity index (χ0) is 21.2. The second-order valence-electron chi connectivity index (χ2n) is 6.79. The van der Waals surface area contributed by atoms with Crippen LogP contribution in [0.4, 0.5) is 0 Å². The van der Waals surface area contributed by atoms with Crippen LogP contribution >= 0.6 is 11.3 Å². The standard InChI is InChI=1S/C19H22N2O6S2/c1-11-17(28-10-20-11)8-26-14-4-5-16-15(6-14)18(12(2)27-16)19(23)21-13(7-22)9-29(3,24)25/h4-6,10,13,22H,7-9H2,1-3H3,(H,21,23). The SMILES string of the molecule is Cc1ncsc1COc1ccc2oc(C)c(C(=O)NC(CO)CS(C)(=O)=O)c2c1. The quantitative estimate of drug-likeness (QED) is 0.553. The molecule has 10 heteroatoms. The first-order chi connectivity index (χ1) is 13.7. The van der Waals surface area contributed by atoms with Crippen molar-refractivity contribution in [3.05, 3.63) is 45.6 Å². The van der Waals surface area contributed by atoms with Gasteiger partial charge in [-0.3, -0.25) is 4.79 Å². The molecule has 0 saturated heterocycles. The van der Waals surface area contributed by atoms with Gasteiger partial charge in [0.25, 0.3) is 5.91 Å². The highest BCUT2D eigenvalue weighted by Crippen LogP contribution is 2.30. The van der Waals surface area contributed by atoms with Crippen molar-refractivity contribution in [1.29, 1.82) is 0 Å². The van der Waals surface area contributed by atoms with E-state index in [1.165, 1.54) is 11.3 Å². The van der Waals surface area contributed by atoms with Crippen LogP contribution in [0, 0.1) is 13.8 Å². The van der Waals surface area contributed by atoms with Crippen LogP contribution in [-0.4, -0.2) is 49.1 Å². The third-order valence-corrected chi connectivity index (χ3v) is 6.25. The van der Waals surface area contributed by atoms with Gasteiger partial charge in [0.15, 0.2) is 0 Å². The number of hydrogen-bond acceptors (Lipinski definition) is 8. The first kappa shape index (κ1) is 21.3. The van der Waals surface area contributed by atoms with E-state index < -0.39 is 28.4 Å². The van der Waals surface area contributed by atoms with Crippen molar-refractivity contribution in [3.8, 4) is 5.75 Å². The van der Waals surface area contributed by atoms with E-state index in [9.17, 15) is 18.3 Å². The highest BCUT2D eigenvalue weighted by Gasteiger charge is 2.23. The highest BCUT2D eigenvalue weighted by molar-refractivity contribution is 7.90. The lowest BCUT2D eigenvalue weighted by atomic mass is 10.1. The molecule has 29 heavy (non-hydrogen) atoms. The van der Waals surface area contributed by atoms with Gasteiger partial charge in [-0.1, -0.05) is 0 Å². The molecule has 3 rings (SSSR count). The van der Waals surface area contributed by atoms with E-state index in [1.54, 1.807) is 30.6 Å². The number of amides is 1. The molecule has 0 aliphatic carbocycles. The van der Waals surface area contributed by atoms with Crippen LogP contribution in [0.15, 0.2) is 28.1 Å². The summed E-state index contributed by atoms with van der Waals surface area (Å²) in [4.78, 5) is 18.0. The van der Waals surface area contributed by atoms with Crippen LogP contribution in [0.3, 0.4) is 0 Å². The fourth-order valence-electron chi connectivity index (χ4n) is 2.95. The van der Waals surface area contributed by atoms with Gasteiger partial charge in [0.05, 0.1) is 40.0 Å². The van der Waals surface area contributed by atoms with Crippen LogP contribution in [0.1, 0.15) is 26.7 Å². The zero-order valence-corrected chi connectivity index (χ0v) is 17.9. The molecule has 1 atom stereocenters. The van der Waals surface area contributed by atoms with Crippen molar-refractivity contribution in [2.24, 2.45) is 0 Å². The molecule has 0 saturated carbocycles. The molecule has 2 aromatic heterocycles. The number of fused-ring (bicyclic) bond motifs is 1. The number of aliphatic hydroxyl groups excluding tert-OH is 1. The molecule has 3 aromatic rings. The molecule has 1 aromatic carbocycles. The Kier molecular flexibility index (Phi) is 6.25. The summed E-state index contributed by atoms with van der Waals surface area (Å²) in [5.74, 6) is 0.0884. The Morgan fingerprint density at radius 1 is 1.38 bits per heavy atom. The second kappa shape index (κ2) is 8.52. The van der Waals surface area contributed by atoms with Gasteiger partial charge in [-0.15, -0.1) is 11.3 Å². The lowest BCUT2D eigenvalue weighted by Gasteiger charge is -2.15. The Hall–Kier alpha value is -2.43. The van der Waals surface area contributed by atoms with Crippen molar-refractivity contribution in [2.45, 2.75) is 26.5 Å². The van der Waals surface area contributed by atoms with E-state index >= 15 is 0 Å². The minimum Gasteiger partial charge on any atom is -0.488 e. The maximum atomic E-state index is 12.8. The van der Waals surface area contributed by atoms with Gasteiger partial charge in [-0.25, -0.2) is 13.4 Å². The summed E-state index contributed by atoms with van der Waals surface area (Å²) < 4.78 is 34.5. The van der Waals surface area contributed by atoms with Crippen LogP contribution in [-0.2, 0) is 16.4 Å². The Morgan fingerprint density at radius 2 is 2.14 bits per heavy atom. The predicted molar refractivity (Wildman–Crippen MR) is 110 cm³/mol. The summed E-state index contributed by atoms with van der Waals surface area (Å²) in [5.41, 5.74) is 3.47. The molecular weight excluding hydrogens is 416 g/mol. The first-order valence-electron chi connectivity index (χ1n) is 8.82. The molecule has 8 nitrogen and oxygen atoms in total. The molecule has 0 fully saturated rings. The van der Waals surface area contributed by atoms with E-state index in [-0.39, 0.29) is 11.3 Å². The number of carbonyl (C=O) groups is 1. The lowest BCUT2D eigenvalue weighted by molar-refractivity contribution is 0.0923. The van der Waals surface area contributed by atoms with Gasteiger partial charge in [-0.05, 0) is 32.0 Å². The molecular formula is C19H22N2O6S2. The Morgan fingerprint density at radius 3 is 2.76 bits per heavy atom. The summed E-state index contributed by atoms with van der Waals surface area (Å²) in [5, 5.41) is 12.5. The van der Waals surface area contributed by atoms with Gasteiger partial charge in [0.2, 0.25) is 0 Å². The van der Waals surface area contributed by atoms with E-state index in [0.29, 0.717) is 29.1 Å². The molecule has 0 bridgehead atoms. The van der Waals surface area contributed by atoms with Crippen LogP contribution < -0.4 is 10.1 Å². The molecule has 2 heterocycles. The van der Waals surface area contributed by atoms with Gasteiger partial charge >= 0.3 is 0 Å². The Labute approximate surface area is 172 Å². The third-order valence-electron chi connectivity index (χ3n) is 4.34. The van der Waals surface area contributed by atoms with Crippen LogP contribution in [0.2, 0.25) is 0 Å². The highest BCUT2D eigenvalue weighted by atomic mass is 32.2. The third kappa shape index (κ3) is 5.14. The number of ether oxygens (including phenoxy) is 1. The minimum atomic E-state index is -3.36.